The molecule has 6 nitrogen and oxygen atoms in total. The van der Waals surface area contributed by atoms with Crippen molar-refractivity contribution in [3.8, 4) is 5.75 Å². The van der Waals surface area contributed by atoms with E-state index in [1.165, 1.54) is 42.5 Å². The minimum atomic E-state index is -4.70. The zero-order valence-corrected chi connectivity index (χ0v) is 29.9. The van der Waals surface area contributed by atoms with E-state index in [0.717, 1.165) is 12.1 Å². The second kappa shape index (κ2) is 13.6. The predicted octanol–water partition coefficient (Wildman–Crippen LogP) is 4.92. The lowest BCUT2D eigenvalue weighted by Gasteiger charge is -2.18. The minimum Gasteiger partial charge on any atom is -0.744 e. The smallest absolute Gasteiger partial charge is 0.357 e. The number of halogens is 1. The predicted molar refractivity (Wildman–Crippen MR) is 174 cm³/mol. The summed E-state index contributed by atoms with van der Waals surface area (Å²) < 4.78 is 66.8. The van der Waals surface area contributed by atoms with Gasteiger partial charge in [0.15, 0.2) is 12.9 Å². The molecule has 9 heteroatoms. The van der Waals surface area contributed by atoms with Gasteiger partial charge in [-0.25, -0.2) is 8.42 Å². The average Bonchev–Trinajstić information content (AvgIpc) is 2.97. The maximum atomic E-state index is 12.3. The standard InChI is InChI=1S/C20H26I.C16H12O6S2/c1-19(2,3)15-7-11-17(12-8-15)21-18-13-9-16(10-14-18)20(4,5)6;17-23(18,19)16-11-10-15(13-8-4-5-9-14(13)16)22-24(20,21)12-6-2-1-3-7-12/h7-14H,1-6H3;1-11H,(H,17,18,19)/q+1;/p-1. The van der Waals surface area contributed by atoms with Gasteiger partial charge in [-0.3, -0.25) is 0 Å². The van der Waals surface area contributed by atoms with Crippen molar-refractivity contribution < 1.29 is 46.8 Å². The molecule has 5 aromatic rings. The van der Waals surface area contributed by atoms with Crippen LogP contribution in [0.1, 0.15) is 52.7 Å². The Morgan fingerprint density at radius 1 is 0.556 bits per heavy atom. The van der Waals surface area contributed by atoms with Gasteiger partial charge in [0.1, 0.15) is 15.0 Å². The third-order valence-electron chi connectivity index (χ3n) is 6.98. The topological polar surface area (TPSA) is 101 Å². The zero-order valence-electron chi connectivity index (χ0n) is 26.1. The van der Waals surface area contributed by atoms with Crippen LogP contribution in [0.2, 0.25) is 0 Å². The SMILES string of the molecule is CC(C)(C)c1ccc([I+]c2ccc(C(C)(C)C)cc2)cc1.O=S(=O)([O-])c1ccc(OS(=O)(=O)c2ccccc2)c2ccccc12. The Hall–Kier alpha value is -3.25. The van der Waals surface area contributed by atoms with E-state index in [0.29, 0.717) is 0 Å². The summed E-state index contributed by atoms with van der Waals surface area (Å²) in [5, 5.41) is 0.321. The van der Waals surface area contributed by atoms with Crippen LogP contribution >= 0.6 is 0 Å². The first-order valence-electron chi connectivity index (χ1n) is 14.3. The van der Waals surface area contributed by atoms with Crippen LogP contribution in [0, 0.1) is 7.14 Å². The third-order valence-corrected chi connectivity index (χ3v) is 11.8. The van der Waals surface area contributed by atoms with Crippen LogP contribution in [0.15, 0.2) is 125 Å². The fraction of sp³-hybridized carbons (Fsp3) is 0.222. The molecule has 0 heterocycles. The van der Waals surface area contributed by atoms with Crippen LogP contribution in [0.5, 0.6) is 5.75 Å². The van der Waals surface area contributed by atoms with Crippen LogP contribution in [0.25, 0.3) is 10.8 Å². The second-order valence-corrected chi connectivity index (χ2v) is 18.4. The van der Waals surface area contributed by atoms with Crippen molar-refractivity contribution in [2.24, 2.45) is 0 Å². The molecule has 5 rings (SSSR count). The van der Waals surface area contributed by atoms with Crippen LogP contribution in [0.4, 0.5) is 0 Å². The van der Waals surface area contributed by atoms with Gasteiger partial charge in [0, 0.05) is 10.8 Å². The molecule has 0 atom stereocenters. The molecule has 0 fully saturated rings. The van der Waals surface area contributed by atoms with E-state index in [1.807, 2.05) is 0 Å². The Bertz CT molecular complexity index is 1920. The Morgan fingerprint density at radius 3 is 1.44 bits per heavy atom. The van der Waals surface area contributed by atoms with Gasteiger partial charge in [-0.15, -0.1) is 0 Å². The summed E-state index contributed by atoms with van der Waals surface area (Å²) >= 11 is -0.0703. The Labute approximate surface area is 277 Å². The van der Waals surface area contributed by atoms with Crippen molar-refractivity contribution in [3.05, 3.63) is 134 Å². The van der Waals surface area contributed by atoms with Crippen molar-refractivity contribution in [2.75, 3.05) is 0 Å². The van der Waals surface area contributed by atoms with Crippen molar-refractivity contribution >= 4 is 31.0 Å². The van der Waals surface area contributed by atoms with Crippen LogP contribution in [-0.2, 0) is 31.1 Å². The maximum absolute atomic E-state index is 12.3. The lowest BCUT2D eigenvalue weighted by molar-refractivity contribution is -0.597. The van der Waals surface area contributed by atoms with Gasteiger partial charge in [0.2, 0.25) is 0 Å². The average molecular weight is 757 g/mol. The molecule has 0 aliphatic heterocycles. The highest BCUT2D eigenvalue weighted by molar-refractivity contribution is 7.87. The third kappa shape index (κ3) is 9.16. The van der Waals surface area contributed by atoms with Crippen molar-refractivity contribution in [1.82, 2.24) is 0 Å². The van der Waals surface area contributed by atoms with E-state index < -0.39 is 25.1 Å². The Morgan fingerprint density at radius 2 is 1.00 bits per heavy atom. The van der Waals surface area contributed by atoms with E-state index in [9.17, 15) is 21.4 Å². The molecule has 5 aromatic carbocycles. The molecular weight excluding hydrogens is 719 g/mol. The fourth-order valence-electron chi connectivity index (χ4n) is 4.44. The van der Waals surface area contributed by atoms with Gasteiger partial charge >= 0.3 is 31.3 Å². The monoisotopic (exact) mass is 756 g/mol. The quantitative estimate of drug-likeness (QED) is 0.139. The number of hydrogen-bond donors (Lipinski definition) is 0. The first-order valence-corrected chi connectivity index (χ1v) is 19.3. The Kier molecular flexibility index (Phi) is 10.5. The molecule has 0 N–H and O–H groups in total. The lowest BCUT2D eigenvalue weighted by atomic mass is 9.87. The molecule has 45 heavy (non-hydrogen) atoms. The van der Waals surface area contributed by atoms with Gasteiger partial charge in [0.05, 0.1) is 4.90 Å². The zero-order chi connectivity index (χ0) is 33.0. The normalized spacial score (nSPS) is 12.3. The van der Waals surface area contributed by atoms with Gasteiger partial charge in [0.25, 0.3) is 0 Å². The first-order chi connectivity index (χ1) is 20.9. The summed E-state index contributed by atoms with van der Waals surface area (Å²) in [4.78, 5) is -0.461. The van der Waals surface area contributed by atoms with E-state index in [4.69, 9.17) is 4.18 Å². The molecular formula is C36H37IO6S2. The van der Waals surface area contributed by atoms with Gasteiger partial charge in [-0.2, -0.15) is 8.42 Å². The van der Waals surface area contributed by atoms with Crippen LogP contribution < -0.4 is 25.4 Å². The molecule has 0 amide bonds. The Balaban J connectivity index is 0.000000207. The molecule has 0 saturated heterocycles. The summed E-state index contributed by atoms with van der Waals surface area (Å²) in [5.74, 6) is -0.0538. The summed E-state index contributed by atoms with van der Waals surface area (Å²) in [6.45, 7) is 13.6. The molecule has 0 aromatic heterocycles. The number of benzene rings is 5. The van der Waals surface area contributed by atoms with Crippen molar-refractivity contribution in [2.45, 2.75) is 62.2 Å². The first kappa shape index (κ1) is 34.6. The number of hydrogen-bond acceptors (Lipinski definition) is 6. The van der Waals surface area contributed by atoms with E-state index in [-0.39, 0.29) is 53.5 Å². The van der Waals surface area contributed by atoms with Crippen molar-refractivity contribution in [3.63, 3.8) is 0 Å². The highest BCUT2D eigenvalue weighted by Gasteiger charge is 2.21. The molecule has 0 unspecified atom stereocenters. The molecule has 0 spiro atoms. The second-order valence-electron chi connectivity index (χ2n) is 12.5. The van der Waals surface area contributed by atoms with Gasteiger partial charge < -0.3 is 8.74 Å². The summed E-state index contributed by atoms with van der Waals surface area (Å²) in [5.41, 5.74) is 3.31. The highest BCUT2D eigenvalue weighted by Crippen LogP contribution is 2.32. The number of fused-ring (bicyclic) bond motifs is 1. The molecule has 0 saturated carbocycles. The van der Waals surface area contributed by atoms with Crippen LogP contribution in [-0.4, -0.2) is 21.4 Å². The largest absolute Gasteiger partial charge is 0.744 e. The van der Waals surface area contributed by atoms with E-state index in [1.54, 1.807) is 30.3 Å². The van der Waals surface area contributed by atoms with Gasteiger partial charge in [-0.05, 0) is 70.5 Å². The molecule has 0 bridgehead atoms. The minimum absolute atomic E-state index is 0.0328. The summed E-state index contributed by atoms with van der Waals surface area (Å²) in [7, 11) is -8.78. The molecule has 236 valence electrons. The summed E-state index contributed by atoms with van der Waals surface area (Å²) in [6, 6.07) is 34.2. The molecule has 0 aliphatic rings. The molecule has 0 aliphatic carbocycles. The van der Waals surface area contributed by atoms with Crippen molar-refractivity contribution in [1.29, 1.82) is 0 Å². The van der Waals surface area contributed by atoms with Gasteiger partial charge in [-0.1, -0.05) is 108 Å². The van der Waals surface area contributed by atoms with E-state index >= 15 is 0 Å². The fourth-order valence-corrected chi connectivity index (χ4v) is 8.25. The highest BCUT2D eigenvalue weighted by atomic mass is 127. The molecule has 0 radical (unpaired) electrons. The maximum Gasteiger partial charge on any atom is 0.357 e. The van der Waals surface area contributed by atoms with Crippen LogP contribution in [0.3, 0.4) is 0 Å². The lowest BCUT2D eigenvalue weighted by Crippen LogP contribution is -3.61. The summed E-state index contributed by atoms with van der Waals surface area (Å²) in [6.07, 6.45) is 0. The van der Waals surface area contributed by atoms with E-state index in [2.05, 4.69) is 90.1 Å². The number of rotatable bonds is 6.